The second kappa shape index (κ2) is 16.5. The van der Waals surface area contributed by atoms with E-state index in [-0.39, 0.29) is 27.6 Å². The number of hydrogen-bond acceptors (Lipinski definition) is 4. The minimum absolute atomic E-state index is 0.0338. The topological polar surface area (TPSA) is 72.7 Å². The molecule has 4 rings (SSSR count). The second-order valence-corrected chi connectivity index (χ2v) is 15.6. The molecule has 0 aliphatic heterocycles. The second-order valence-electron chi connectivity index (χ2n) is 15.6. The van der Waals surface area contributed by atoms with Gasteiger partial charge in [0.25, 0.3) is 0 Å². The fourth-order valence-electron chi connectivity index (χ4n) is 3.78. The Labute approximate surface area is 274 Å². The zero-order valence-corrected chi connectivity index (χ0v) is 30.7. The maximum absolute atomic E-state index is 10.8. The van der Waals surface area contributed by atoms with Crippen LogP contribution in [0, 0.1) is 6.92 Å². The molecule has 45 heavy (non-hydrogen) atoms. The Bertz CT molecular complexity index is 1410. The Morgan fingerprint density at radius 1 is 0.644 bits per heavy atom. The Balaban J connectivity index is 0.000000303. The van der Waals surface area contributed by atoms with Crippen LogP contribution in [-0.4, -0.2) is 25.7 Å². The Morgan fingerprint density at radius 2 is 1.13 bits per heavy atom. The smallest absolute Gasteiger partial charge is 0.221 e. The van der Waals surface area contributed by atoms with Gasteiger partial charge in [-0.15, -0.1) is 0 Å². The lowest BCUT2D eigenvalue weighted by atomic mass is 9.87. The average molecular weight is 614 g/mol. The van der Waals surface area contributed by atoms with Crippen molar-refractivity contribution in [2.75, 3.05) is 5.32 Å². The van der Waals surface area contributed by atoms with Crippen LogP contribution in [-0.2, 0) is 33.5 Å². The van der Waals surface area contributed by atoms with E-state index in [0.29, 0.717) is 0 Å². The molecule has 0 radical (unpaired) electrons. The maximum Gasteiger partial charge on any atom is 0.221 e. The van der Waals surface area contributed by atoms with E-state index in [0.717, 1.165) is 11.4 Å². The summed E-state index contributed by atoms with van der Waals surface area (Å²) in [7, 11) is 1.94. The van der Waals surface area contributed by atoms with Crippen molar-refractivity contribution in [1.29, 1.82) is 0 Å². The summed E-state index contributed by atoms with van der Waals surface area (Å²) in [5, 5.41) is 6.84. The lowest BCUT2D eigenvalue weighted by molar-refractivity contribution is -0.114. The molecule has 3 heterocycles. The molecule has 0 fully saturated rings. The van der Waals surface area contributed by atoms with Gasteiger partial charge in [0.15, 0.2) is 0 Å². The molecular weight excluding hydrogens is 554 g/mol. The summed E-state index contributed by atoms with van der Waals surface area (Å²) in [6.45, 7) is 29.7. The van der Waals surface area contributed by atoms with Gasteiger partial charge in [0.1, 0.15) is 0 Å². The molecule has 4 aromatic rings. The third-order valence-corrected chi connectivity index (χ3v) is 6.95. The number of nitrogens with one attached hydrogen (secondary N) is 1. The lowest BCUT2D eigenvalue weighted by Gasteiger charge is -2.19. The molecule has 0 spiro atoms. The van der Waals surface area contributed by atoms with Gasteiger partial charge in [-0.3, -0.25) is 19.4 Å². The van der Waals surface area contributed by atoms with E-state index < -0.39 is 0 Å². The van der Waals surface area contributed by atoms with Crippen molar-refractivity contribution in [1.82, 2.24) is 19.7 Å². The molecule has 6 heteroatoms. The van der Waals surface area contributed by atoms with Crippen molar-refractivity contribution in [2.45, 2.75) is 119 Å². The minimum atomic E-state index is -0.0338. The number of carbonyl (C=O) groups excluding carboxylic acids is 1. The van der Waals surface area contributed by atoms with Crippen LogP contribution in [0.4, 0.5) is 5.69 Å². The summed E-state index contributed by atoms with van der Waals surface area (Å²) < 4.78 is 1.83. The molecule has 0 aliphatic carbocycles. The Hall–Kier alpha value is -3.80. The third-order valence-electron chi connectivity index (χ3n) is 6.95. The minimum Gasteiger partial charge on any atom is -0.326 e. The summed E-state index contributed by atoms with van der Waals surface area (Å²) in [6.07, 6.45) is 9.64. The van der Waals surface area contributed by atoms with Gasteiger partial charge in [-0.1, -0.05) is 107 Å². The van der Waals surface area contributed by atoms with Crippen LogP contribution >= 0.6 is 0 Å². The van der Waals surface area contributed by atoms with Crippen LogP contribution in [0.15, 0.2) is 79.5 Å². The Morgan fingerprint density at radius 3 is 1.44 bits per heavy atom. The quantitative estimate of drug-likeness (QED) is 0.232. The summed E-state index contributed by atoms with van der Waals surface area (Å²) in [5.74, 6) is -0.0338. The van der Waals surface area contributed by atoms with E-state index >= 15 is 0 Å². The Kier molecular flexibility index (Phi) is 14.4. The highest BCUT2D eigenvalue weighted by Crippen LogP contribution is 2.24. The number of hydrogen-bond donors (Lipinski definition) is 1. The molecule has 1 aromatic carbocycles. The predicted molar refractivity (Wildman–Crippen MR) is 192 cm³/mol. The van der Waals surface area contributed by atoms with Crippen LogP contribution in [0.1, 0.15) is 118 Å². The largest absolute Gasteiger partial charge is 0.326 e. The van der Waals surface area contributed by atoms with Gasteiger partial charge in [0.05, 0.1) is 6.20 Å². The molecule has 0 saturated heterocycles. The number of amides is 1. The monoisotopic (exact) mass is 613 g/mol. The molecule has 0 saturated carbocycles. The van der Waals surface area contributed by atoms with Gasteiger partial charge in [-0.25, -0.2) is 0 Å². The molecule has 1 N–H and O–H groups in total. The van der Waals surface area contributed by atoms with E-state index in [9.17, 15) is 4.79 Å². The first kappa shape index (κ1) is 39.2. The third kappa shape index (κ3) is 15.7. The van der Waals surface area contributed by atoms with E-state index in [1.165, 1.54) is 29.2 Å². The molecule has 6 nitrogen and oxygen atoms in total. The molecule has 246 valence electrons. The van der Waals surface area contributed by atoms with Crippen molar-refractivity contribution < 1.29 is 4.79 Å². The van der Waals surface area contributed by atoms with Gasteiger partial charge >= 0.3 is 0 Å². The predicted octanol–water partition coefficient (Wildman–Crippen LogP) is 9.73. The highest BCUT2D eigenvalue weighted by Gasteiger charge is 2.15. The first-order chi connectivity index (χ1) is 20.5. The highest BCUT2D eigenvalue weighted by atomic mass is 16.1. The summed E-state index contributed by atoms with van der Waals surface area (Å²) in [6, 6.07) is 16.2. The molecule has 1 amide bonds. The number of aryl methyl sites for hydroxylation is 2. The fourth-order valence-corrected chi connectivity index (χ4v) is 3.78. The number of anilines is 1. The summed E-state index contributed by atoms with van der Waals surface area (Å²) >= 11 is 0. The highest BCUT2D eigenvalue weighted by molar-refractivity contribution is 5.88. The lowest BCUT2D eigenvalue weighted by Crippen LogP contribution is -2.11. The van der Waals surface area contributed by atoms with Crippen LogP contribution < -0.4 is 5.32 Å². The van der Waals surface area contributed by atoms with Crippen molar-refractivity contribution in [3.63, 3.8) is 0 Å². The number of rotatable bonds is 1. The van der Waals surface area contributed by atoms with Crippen molar-refractivity contribution in [2.24, 2.45) is 7.05 Å². The first-order valence-electron chi connectivity index (χ1n) is 15.7. The molecule has 0 bridgehead atoms. The van der Waals surface area contributed by atoms with E-state index in [1.807, 2.05) is 67.6 Å². The molecule has 0 atom stereocenters. The average Bonchev–Trinajstić information content (AvgIpc) is 3.36. The summed E-state index contributed by atoms with van der Waals surface area (Å²) in [5.41, 5.74) is 7.92. The zero-order chi connectivity index (χ0) is 34.6. The summed E-state index contributed by atoms with van der Waals surface area (Å²) in [4.78, 5) is 19.1. The zero-order valence-electron chi connectivity index (χ0n) is 30.7. The van der Waals surface area contributed by atoms with E-state index in [1.54, 1.807) is 6.20 Å². The number of nitrogens with zero attached hydrogens (tertiary/aromatic N) is 4. The van der Waals surface area contributed by atoms with Gasteiger partial charge in [-0.05, 0) is 75.1 Å². The SMILES string of the molecule is CC(=O)Nc1ccc(C(C)(C)C)cc1.CC(C)(C)c1cccnc1.Cc1ccc(C(C)(C)C)cn1.Cn1cc(C(C)(C)C)cn1. The van der Waals surface area contributed by atoms with Crippen molar-refractivity contribution in [3.8, 4) is 0 Å². The van der Waals surface area contributed by atoms with Crippen LogP contribution in [0.5, 0.6) is 0 Å². The normalized spacial score (nSPS) is 11.5. The fraction of sp³-hybridized carbons (Fsp3) is 0.487. The van der Waals surface area contributed by atoms with Crippen molar-refractivity contribution in [3.05, 3.63) is 107 Å². The number of aromatic nitrogens is 4. The van der Waals surface area contributed by atoms with Gasteiger partial charge < -0.3 is 5.32 Å². The van der Waals surface area contributed by atoms with Crippen LogP contribution in [0.3, 0.4) is 0 Å². The van der Waals surface area contributed by atoms with Crippen molar-refractivity contribution >= 4 is 11.6 Å². The van der Waals surface area contributed by atoms with Gasteiger partial charge in [0.2, 0.25) is 5.91 Å². The molecule has 0 aliphatic rings. The standard InChI is InChI=1S/C12H17NO.C10H15N.C9H13N.C8H14N2/c1-9(14)13-11-7-5-10(6-8-11)12(2,3)4;1-8-5-6-9(7-11-8)10(2,3)4;1-9(2,3)8-5-4-6-10-7-8;1-8(2,3)7-5-9-10(4)6-7/h5-8H,1-4H3,(H,13,14);5-7H,1-4H3;4-7H,1-3H3;5-6H,1-4H3. The first-order valence-corrected chi connectivity index (χ1v) is 15.7. The molecule has 0 unspecified atom stereocenters. The van der Waals surface area contributed by atoms with E-state index in [2.05, 4.69) is 128 Å². The van der Waals surface area contributed by atoms with Crippen LogP contribution in [0.25, 0.3) is 0 Å². The van der Waals surface area contributed by atoms with Crippen LogP contribution in [0.2, 0.25) is 0 Å². The number of pyridine rings is 2. The van der Waals surface area contributed by atoms with E-state index in [4.69, 9.17) is 0 Å². The maximum atomic E-state index is 10.8. The number of benzene rings is 1. The molecule has 3 aromatic heterocycles. The molecular formula is C39H59N5O. The van der Waals surface area contributed by atoms with Gasteiger partial charge in [-0.2, -0.15) is 5.10 Å². The number of carbonyl (C=O) groups is 1. The van der Waals surface area contributed by atoms with Gasteiger partial charge in [0, 0.05) is 50.1 Å².